The molecule has 0 aromatic heterocycles. The van der Waals surface area contributed by atoms with Crippen LogP contribution >= 0.6 is 0 Å². The molecule has 0 amide bonds. The van der Waals surface area contributed by atoms with Crippen molar-refractivity contribution in [2.75, 3.05) is 32.5 Å². The minimum absolute atomic E-state index is 0.712. The summed E-state index contributed by atoms with van der Waals surface area (Å²) in [5.41, 5.74) is 0. The minimum Gasteiger partial charge on any atom is -0.373 e. The first kappa shape index (κ1) is 17.1. The normalized spacial score (nSPS) is 12.0. The van der Waals surface area contributed by atoms with Gasteiger partial charge in [0.05, 0.1) is 6.17 Å². The van der Waals surface area contributed by atoms with Gasteiger partial charge < -0.3 is 18.6 Å². The maximum absolute atomic E-state index is 5.92. The smallest absolute Gasteiger partial charge is 0.373 e. The number of hydrogen-bond acceptors (Lipinski definition) is 4. The van der Waals surface area contributed by atoms with E-state index < -0.39 is 8.80 Å². The minimum atomic E-state index is -2.49. The average Bonchev–Trinajstić information content (AvgIpc) is 2.37. The van der Waals surface area contributed by atoms with Crippen molar-refractivity contribution < 1.29 is 13.3 Å². The van der Waals surface area contributed by atoms with E-state index in [2.05, 4.69) is 33.0 Å². The van der Waals surface area contributed by atoms with Gasteiger partial charge in [0.25, 0.3) is 0 Å². The van der Waals surface area contributed by atoms with Crippen LogP contribution in [0.5, 0.6) is 0 Å². The Balaban J connectivity index is 4.39. The first-order valence-corrected chi connectivity index (χ1v) is 8.80. The lowest BCUT2D eigenvalue weighted by Gasteiger charge is -2.29. The maximum atomic E-state index is 5.92. The molecule has 0 heterocycles. The molecule has 0 spiro atoms. The van der Waals surface area contributed by atoms with Crippen LogP contribution in [0.15, 0.2) is 0 Å². The Morgan fingerprint density at radius 2 is 1.18 bits per heavy atom. The van der Waals surface area contributed by atoms with E-state index in [4.69, 9.17) is 13.3 Å². The number of nitrogens with one attached hydrogen (secondary N) is 1. The van der Waals surface area contributed by atoms with Gasteiger partial charge in [-0.2, -0.15) is 0 Å². The number of rotatable bonds is 12. The Kier molecular flexibility index (Phi) is 11.2. The van der Waals surface area contributed by atoms with Crippen molar-refractivity contribution in [1.82, 2.24) is 5.32 Å². The largest absolute Gasteiger partial charge is 0.515 e. The Labute approximate surface area is 107 Å². The lowest BCUT2D eigenvalue weighted by molar-refractivity contribution is 0.0583. The van der Waals surface area contributed by atoms with Gasteiger partial charge in [0.15, 0.2) is 0 Å². The van der Waals surface area contributed by atoms with E-state index in [0.717, 1.165) is 25.8 Å². The zero-order valence-electron chi connectivity index (χ0n) is 11.9. The average molecular weight is 263 g/mol. The van der Waals surface area contributed by atoms with Crippen molar-refractivity contribution in [3.63, 3.8) is 0 Å². The highest BCUT2D eigenvalue weighted by atomic mass is 28.4. The van der Waals surface area contributed by atoms with E-state index in [1.165, 1.54) is 0 Å². The first-order valence-electron chi connectivity index (χ1n) is 6.87. The van der Waals surface area contributed by atoms with Gasteiger partial charge in [0, 0.05) is 19.8 Å². The predicted octanol–water partition coefficient (Wildman–Crippen LogP) is 2.35. The van der Waals surface area contributed by atoms with Gasteiger partial charge in [-0.15, -0.1) is 0 Å². The van der Waals surface area contributed by atoms with E-state index in [-0.39, 0.29) is 0 Å². The quantitative estimate of drug-likeness (QED) is 0.549. The fraction of sp³-hybridized carbons (Fsp3) is 1.00. The van der Waals surface area contributed by atoms with Crippen LogP contribution in [0.25, 0.3) is 0 Å². The molecule has 0 unspecified atom stereocenters. The molecule has 0 saturated carbocycles. The third-order valence-electron chi connectivity index (χ3n) is 2.17. The summed E-state index contributed by atoms with van der Waals surface area (Å²) in [6, 6.07) is 0. The highest BCUT2D eigenvalue weighted by Crippen LogP contribution is 2.11. The summed E-state index contributed by atoms with van der Waals surface area (Å²) in [6.45, 7) is 11.4. The van der Waals surface area contributed by atoms with Crippen LogP contribution in [0.4, 0.5) is 0 Å². The van der Waals surface area contributed by atoms with Gasteiger partial charge in [-0.25, -0.2) is 0 Å². The Bertz CT molecular complexity index is 132. The molecule has 0 aliphatic heterocycles. The second-order valence-electron chi connectivity index (χ2n) is 4.01. The maximum Gasteiger partial charge on any atom is 0.515 e. The Morgan fingerprint density at radius 3 is 1.47 bits per heavy atom. The molecule has 104 valence electrons. The zero-order chi connectivity index (χ0) is 13.0. The molecular formula is C12H29NO3Si. The number of hydrogen-bond donors (Lipinski definition) is 1. The zero-order valence-corrected chi connectivity index (χ0v) is 12.9. The third kappa shape index (κ3) is 7.89. The van der Waals surface area contributed by atoms with Gasteiger partial charge >= 0.3 is 8.80 Å². The molecule has 0 atom stereocenters. The molecular weight excluding hydrogens is 234 g/mol. The molecule has 0 aromatic rings. The summed E-state index contributed by atoms with van der Waals surface area (Å²) in [5, 5.41) is 3.30. The van der Waals surface area contributed by atoms with Crippen LogP contribution in [-0.2, 0) is 13.3 Å². The van der Waals surface area contributed by atoms with Gasteiger partial charge in [-0.05, 0) is 25.8 Å². The lowest BCUT2D eigenvalue weighted by atomic mass is 10.5. The van der Waals surface area contributed by atoms with Crippen LogP contribution < -0.4 is 5.32 Å². The molecule has 1 N–H and O–H groups in total. The second kappa shape index (κ2) is 11.2. The molecule has 17 heavy (non-hydrogen) atoms. The lowest BCUT2D eigenvalue weighted by Crippen LogP contribution is -2.54. The van der Waals surface area contributed by atoms with Crippen LogP contribution in [0.2, 0.25) is 0 Å². The fourth-order valence-electron chi connectivity index (χ4n) is 1.33. The van der Waals surface area contributed by atoms with Crippen molar-refractivity contribution >= 4 is 8.80 Å². The topological polar surface area (TPSA) is 39.7 Å². The van der Waals surface area contributed by atoms with Crippen LogP contribution in [0.1, 0.15) is 47.0 Å². The summed E-state index contributed by atoms with van der Waals surface area (Å²) in [4.78, 5) is 0. The summed E-state index contributed by atoms with van der Waals surface area (Å²) in [7, 11) is -2.49. The SMILES string of the molecule is CCCO[Si](CNCC)(OCCC)OCCC. The monoisotopic (exact) mass is 263 g/mol. The van der Waals surface area contributed by atoms with Crippen LogP contribution in [0.3, 0.4) is 0 Å². The molecule has 0 aliphatic rings. The molecule has 4 nitrogen and oxygen atoms in total. The highest BCUT2D eigenvalue weighted by molar-refractivity contribution is 6.60. The Hall–Kier alpha value is 0.0569. The van der Waals surface area contributed by atoms with E-state index in [0.29, 0.717) is 26.0 Å². The van der Waals surface area contributed by atoms with Crippen LogP contribution in [-0.4, -0.2) is 41.3 Å². The summed E-state index contributed by atoms with van der Waals surface area (Å²) in [5.74, 6) is 0. The van der Waals surface area contributed by atoms with Gasteiger partial charge in [-0.3, -0.25) is 0 Å². The van der Waals surface area contributed by atoms with Crippen molar-refractivity contribution in [1.29, 1.82) is 0 Å². The van der Waals surface area contributed by atoms with E-state index in [1.807, 2.05) is 0 Å². The molecule has 0 saturated heterocycles. The van der Waals surface area contributed by atoms with Crippen molar-refractivity contribution in [3.05, 3.63) is 0 Å². The van der Waals surface area contributed by atoms with E-state index in [1.54, 1.807) is 0 Å². The molecule has 5 heteroatoms. The van der Waals surface area contributed by atoms with Gasteiger partial charge in [0.1, 0.15) is 0 Å². The fourth-order valence-corrected chi connectivity index (χ4v) is 3.99. The Morgan fingerprint density at radius 1 is 0.765 bits per heavy atom. The molecule has 0 fully saturated rings. The first-order chi connectivity index (χ1) is 8.24. The second-order valence-corrected chi connectivity index (χ2v) is 6.59. The van der Waals surface area contributed by atoms with Gasteiger partial charge in [0.2, 0.25) is 0 Å². The highest BCUT2D eigenvalue weighted by Gasteiger charge is 2.40. The molecule has 0 rings (SSSR count). The van der Waals surface area contributed by atoms with E-state index in [9.17, 15) is 0 Å². The molecule has 0 bridgehead atoms. The van der Waals surface area contributed by atoms with Crippen LogP contribution in [0, 0.1) is 0 Å². The summed E-state index contributed by atoms with van der Waals surface area (Å²) >= 11 is 0. The standard InChI is InChI=1S/C12H29NO3Si/c1-5-9-14-17(12-13-8-4,15-10-6-2)16-11-7-3/h13H,5-12H2,1-4H3. The summed E-state index contributed by atoms with van der Waals surface area (Å²) < 4.78 is 17.8. The molecule has 0 radical (unpaired) electrons. The summed E-state index contributed by atoms with van der Waals surface area (Å²) in [6.07, 6.45) is 3.69. The van der Waals surface area contributed by atoms with Crippen molar-refractivity contribution in [2.24, 2.45) is 0 Å². The van der Waals surface area contributed by atoms with Gasteiger partial charge in [-0.1, -0.05) is 27.7 Å². The molecule has 0 aromatic carbocycles. The van der Waals surface area contributed by atoms with Crippen molar-refractivity contribution in [2.45, 2.75) is 47.0 Å². The van der Waals surface area contributed by atoms with Crippen molar-refractivity contribution in [3.8, 4) is 0 Å². The molecule has 0 aliphatic carbocycles. The predicted molar refractivity (Wildman–Crippen MR) is 73.0 cm³/mol. The third-order valence-corrected chi connectivity index (χ3v) is 4.78. The van der Waals surface area contributed by atoms with E-state index >= 15 is 0 Å².